The van der Waals surface area contributed by atoms with Crippen molar-refractivity contribution in [2.24, 2.45) is 17.8 Å². The third-order valence-corrected chi connectivity index (χ3v) is 12.8. The molecule has 4 amide bonds. The van der Waals surface area contributed by atoms with Gasteiger partial charge in [-0.15, -0.1) is 0 Å². The summed E-state index contributed by atoms with van der Waals surface area (Å²) in [7, 11) is -3.90. The zero-order valence-corrected chi connectivity index (χ0v) is 33.4. The van der Waals surface area contributed by atoms with Crippen molar-refractivity contribution < 1.29 is 41.8 Å². The Kier molecular flexibility index (Phi) is 11.7. The fourth-order valence-electron chi connectivity index (χ4n) is 7.79. The molecule has 2 saturated carbocycles. The van der Waals surface area contributed by atoms with Crippen molar-refractivity contribution in [3.8, 4) is 11.6 Å². The first-order valence-corrected chi connectivity index (χ1v) is 21.1. The monoisotopic (exact) mass is 781 g/mol. The number of allylic oxidation sites excluding steroid dienone is 1. The van der Waals surface area contributed by atoms with Crippen LogP contribution in [0.4, 0.5) is 4.79 Å². The second-order valence-electron chi connectivity index (χ2n) is 16.5. The number of amides is 4. The zero-order valence-electron chi connectivity index (χ0n) is 32.6. The SMILES string of the molecule is CCOc1ccc2c(O[C@@H]3C[C@H]4C(=O)N[C@]5(C(=O)NS(=O)(=O)C6CC6)C[C@H]5/C=C\CC[C@H](C)C[C@@H](CC)[C@H](NC(=O)OC(C)(C)C)C(=O)N4C3)nccc2c1. The van der Waals surface area contributed by atoms with Gasteiger partial charge < -0.3 is 29.7 Å². The van der Waals surface area contributed by atoms with Gasteiger partial charge in [0.05, 0.1) is 18.4 Å². The fourth-order valence-corrected chi connectivity index (χ4v) is 9.15. The molecule has 3 heterocycles. The molecule has 6 rings (SSSR count). The Labute approximate surface area is 323 Å². The van der Waals surface area contributed by atoms with Crippen molar-refractivity contribution in [3.63, 3.8) is 0 Å². The first-order chi connectivity index (χ1) is 26.0. The molecule has 1 aromatic heterocycles. The van der Waals surface area contributed by atoms with Crippen LogP contribution in [0.25, 0.3) is 10.8 Å². The molecular formula is C40H55N5O9S. The highest BCUT2D eigenvalue weighted by molar-refractivity contribution is 7.91. The number of pyridine rings is 1. The molecule has 0 radical (unpaired) electrons. The summed E-state index contributed by atoms with van der Waals surface area (Å²) in [5, 5.41) is 6.69. The van der Waals surface area contributed by atoms with Gasteiger partial charge in [-0.3, -0.25) is 19.1 Å². The molecule has 3 N–H and O–H groups in total. The van der Waals surface area contributed by atoms with E-state index in [1.807, 2.05) is 50.3 Å². The van der Waals surface area contributed by atoms with Crippen molar-refractivity contribution in [3.05, 3.63) is 42.6 Å². The summed E-state index contributed by atoms with van der Waals surface area (Å²) in [4.78, 5) is 62.4. The van der Waals surface area contributed by atoms with Gasteiger partial charge in [0.15, 0.2) is 0 Å². The molecule has 4 aliphatic rings. The third kappa shape index (κ3) is 9.36. The van der Waals surface area contributed by atoms with Gasteiger partial charge in [0.2, 0.25) is 27.7 Å². The van der Waals surface area contributed by atoms with E-state index < -0.39 is 74.3 Å². The van der Waals surface area contributed by atoms with Crippen LogP contribution in [0.5, 0.6) is 11.6 Å². The summed E-state index contributed by atoms with van der Waals surface area (Å²) in [6.07, 6.45) is 7.90. The van der Waals surface area contributed by atoms with Crippen molar-refractivity contribution in [1.29, 1.82) is 0 Å². The Morgan fingerprint density at radius 1 is 1.09 bits per heavy atom. The number of carbonyl (C=O) groups excluding carboxylic acids is 4. The Balaban J connectivity index is 1.35. The Morgan fingerprint density at radius 2 is 1.85 bits per heavy atom. The number of rotatable bonds is 9. The van der Waals surface area contributed by atoms with Crippen molar-refractivity contribution in [1.82, 2.24) is 25.2 Å². The second kappa shape index (κ2) is 16.0. The van der Waals surface area contributed by atoms with E-state index in [-0.39, 0.29) is 31.2 Å². The largest absolute Gasteiger partial charge is 0.494 e. The van der Waals surface area contributed by atoms with Gasteiger partial charge >= 0.3 is 6.09 Å². The molecular weight excluding hydrogens is 727 g/mol. The van der Waals surface area contributed by atoms with Gasteiger partial charge in [0.25, 0.3) is 5.91 Å². The first-order valence-electron chi connectivity index (χ1n) is 19.6. The summed E-state index contributed by atoms with van der Waals surface area (Å²) in [6.45, 7) is 11.7. The van der Waals surface area contributed by atoms with Gasteiger partial charge in [0.1, 0.15) is 35.1 Å². The quantitative estimate of drug-likeness (QED) is 0.300. The smallest absolute Gasteiger partial charge is 0.408 e. The molecule has 14 nitrogen and oxygen atoms in total. The molecule has 2 aliphatic carbocycles. The molecule has 7 atom stereocenters. The predicted octanol–water partition coefficient (Wildman–Crippen LogP) is 4.76. The molecule has 15 heteroatoms. The van der Waals surface area contributed by atoms with Crippen LogP contribution in [0.1, 0.15) is 92.9 Å². The normalized spacial score (nSPS) is 29.5. The van der Waals surface area contributed by atoms with E-state index in [1.165, 1.54) is 4.90 Å². The second-order valence-corrected chi connectivity index (χ2v) is 18.5. The van der Waals surface area contributed by atoms with Crippen LogP contribution in [-0.2, 0) is 29.1 Å². The molecule has 1 aromatic carbocycles. The standard InChI is InChI=1S/C40H55N5O9S/c1-7-25-19-24(3)11-9-10-12-27-22-40(27,37(48)44-55(50,51)30-14-15-30)43-34(46)32-21-29(23-45(32)36(47)33(25)42-38(49)54-39(4,5)6)53-35-31-16-13-28(52-8-2)20-26(31)17-18-41-35/h10,12-13,16-18,20,24-25,27,29-30,32-33H,7-9,11,14-15,19,21-23H2,1-6H3,(H,42,49)(H,43,46)(H,44,48)/b12-10-/t24-,25+,27+,29+,32-,33-,40+/m0/s1. The maximum atomic E-state index is 14.9. The molecule has 1 saturated heterocycles. The number of fused-ring (bicyclic) bond motifs is 3. The third-order valence-electron chi connectivity index (χ3n) is 10.9. The van der Waals surface area contributed by atoms with E-state index in [9.17, 15) is 27.6 Å². The van der Waals surface area contributed by atoms with Crippen LogP contribution in [0.2, 0.25) is 0 Å². The number of hydrogen-bond donors (Lipinski definition) is 3. The summed E-state index contributed by atoms with van der Waals surface area (Å²) in [5.41, 5.74) is -2.33. The van der Waals surface area contributed by atoms with Gasteiger partial charge in [-0.1, -0.05) is 32.4 Å². The minimum absolute atomic E-state index is 0.0108. The number of nitrogens with one attached hydrogen (secondary N) is 3. The number of sulfonamides is 1. The van der Waals surface area contributed by atoms with Crippen molar-refractivity contribution in [2.75, 3.05) is 13.2 Å². The lowest BCUT2D eigenvalue weighted by Crippen LogP contribution is -2.59. The van der Waals surface area contributed by atoms with Gasteiger partial charge in [-0.25, -0.2) is 18.2 Å². The van der Waals surface area contributed by atoms with E-state index in [0.717, 1.165) is 17.2 Å². The molecule has 300 valence electrons. The van der Waals surface area contributed by atoms with Crippen LogP contribution in [0.3, 0.4) is 0 Å². The number of carbonyl (C=O) groups is 4. The summed E-state index contributed by atoms with van der Waals surface area (Å²) in [6, 6.07) is 5.25. The number of hydrogen-bond acceptors (Lipinski definition) is 10. The molecule has 0 spiro atoms. The zero-order chi connectivity index (χ0) is 39.7. The Hall–Kier alpha value is -4.40. The molecule has 55 heavy (non-hydrogen) atoms. The van der Waals surface area contributed by atoms with Crippen LogP contribution in [-0.4, -0.2) is 89.8 Å². The van der Waals surface area contributed by atoms with Crippen molar-refractivity contribution in [2.45, 2.75) is 127 Å². The molecule has 0 unspecified atom stereocenters. The molecule has 0 bridgehead atoms. The van der Waals surface area contributed by atoms with Crippen LogP contribution >= 0.6 is 0 Å². The van der Waals surface area contributed by atoms with E-state index in [1.54, 1.807) is 27.0 Å². The highest BCUT2D eigenvalue weighted by Crippen LogP contribution is 2.46. The van der Waals surface area contributed by atoms with E-state index in [0.29, 0.717) is 50.3 Å². The lowest BCUT2D eigenvalue weighted by molar-refractivity contribution is -0.142. The van der Waals surface area contributed by atoms with Gasteiger partial charge in [-0.2, -0.15) is 0 Å². The number of aromatic nitrogens is 1. The fraction of sp³-hybridized carbons (Fsp3) is 0.625. The first kappa shape index (κ1) is 40.3. The molecule has 3 fully saturated rings. The summed E-state index contributed by atoms with van der Waals surface area (Å²) < 4.78 is 45.8. The lowest BCUT2D eigenvalue weighted by Gasteiger charge is -2.34. The summed E-state index contributed by atoms with van der Waals surface area (Å²) in [5.74, 6) is -1.42. The minimum atomic E-state index is -3.90. The summed E-state index contributed by atoms with van der Waals surface area (Å²) >= 11 is 0. The van der Waals surface area contributed by atoms with E-state index in [2.05, 4.69) is 27.3 Å². The average Bonchev–Trinajstić information content (AvgIpc) is 4.04. The predicted molar refractivity (Wildman–Crippen MR) is 206 cm³/mol. The topological polar surface area (TPSA) is 182 Å². The van der Waals surface area contributed by atoms with Crippen molar-refractivity contribution >= 4 is 44.6 Å². The van der Waals surface area contributed by atoms with Crippen LogP contribution < -0.4 is 24.8 Å². The van der Waals surface area contributed by atoms with E-state index in [4.69, 9.17) is 14.2 Å². The van der Waals surface area contributed by atoms with E-state index >= 15 is 0 Å². The number of alkyl carbamates (subject to hydrolysis) is 1. The number of ether oxygens (including phenoxy) is 3. The highest BCUT2D eigenvalue weighted by Gasteiger charge is 2.62. The lowest BCUT2D eigenvalue weighted by atomic mass is 9.85. The highest BCUT2D eigenvalue weighted by atomic mass is 32.2. The Morgan fingerprint density at radius 3 is 2.55 bits per heavy atom. The maximum Gasteiger partial charge on any atom is 0.408 e. The average molecular weight is 782 g/mol. The number of nitrogens with zero attached hydrogens (tertiary/aromatic N) is 2. The van der Waals surface area contributed by atoms with Gasteiger partial charge in [0, 0.05) is 23.9 Å². The number of benzene rings is 1. The maximum absolute atomic E-state index is 14.9. The Bertz CT molecular complexity index is 1930. The molecule has 2 aliphatic heterocycles. The minimum Gasteiger partial charge on any atom is -0.494 e. The molecule has 2 aromatic rings. The van der Waals surface area contributed by atoms with Crippen LogP contribution in [0.15, 0.2) is 42.6 Å². The van der Waals surface area contributed by atoms with Gasteiger partial charge in [-0.05, 0) is 108 Å². The van der Waals surface area contributed by atoms with Crippen LogP contribution in [0, 0.1) is 17.8 Å².